The molecule has 3 aromatic rings. The number of nitrogens with one attached hydrogen (secondary N) is 1. The number of anilines is 1. The SMILES string of the molecule is CCc1ccccc1NC(=O)CSc1nnc(C)n1-c1cccc(C)c1. The molecule has 5 nitrogen and oxygen atoms in total. The number of carbonyl (C=O) groups is 1. The molecule has 1 aromatic heterocycles. The molecule has 6 heteroatoms. The Bertz CT molecular complexity index is 920. The molecule has 1 N–H and O–H groups in total. The van der Waals surface area contributed by atoms with Gasteiger partial charge in [-0.2, -0.15) is 0 Å². The third kappa shape index (κ3) is 4.14. The minimum Gasteiger partial charge on any atom is -0.325 e. The molecule has 0 spiro atoms. The van der Waals surface area contributed by atoms with Crippen molar-refractivity contribution in [2.24, 2.45) is 0 Å². The molecule has 1 heterocycles. The van der Waals surface area contributed by atoms with Crippen molar-refractivity contribution in [1.82, 2.24) is 14.8 Å². The fourth-order valence-electron chi connectivity index (χ4n) is 2.77. The van der Waals surface area contributed by atoms with Gasteiger partial charge in [0.25, 0.3) is 0 Å². The first kappa shape index (κ1) is 18.2. The summed E-state index contributed by atoms with van der Waals surface area (Å²) in [5.41, 5.74) is 4.17. The highest BCUT2D eigenvalue weighted by Gasteiger charge is 2.14. The summed E-state index contributed by atoms with van der Waals surface area (Å²) in [4.78, 5) is 12.4. The summed E-state index contributed by atoms with van der Waals surface area (Å²) in [7, 11) is 0. The number of aryl methyl sites for hydroxylation is 3. The summed E-state index contributed by atoms with van der Waals surface area (Å²) in [6.07, 6.45) is 0.879. The van der Waals surface area contributed by atoms with E-state index in [2.05, 4.69) is 41.5 Å². The third-order valence-electron chi connectivity index (χ3n) is 4.06. The van der Waals surface area contributed by atoms with Gasteiger partial charge < -0.3 is 5.32 Å². The van der Waals surface area contributed by atoms with Crippen molar-refractivity contribution in [3.8, 4) is 5.69 Å². The Balaban J connectivity index is 1.72. The van der Waals surface area contributed by atoms with Crippen LogP contribution in [0.2, 0.25) is 0 Å². The highest BCUT2D eigenvalue weighted by molar-refractivity contribution is 7.99. The number of aromatic nitrogens is 3. The molecule has 3 rings (SSSR count). The van der Waals surface area contributed by atoms with E-state index in [9.17, 15) is 4.79 Å². The average Bonchev–Trinajstić information content (AvgIpc) is 3.01. The van der Waals surface area contributed by atoms with Gasteiger partial charge in [-0.05, 0) is 49.6 Å². The number of thioether (sulfide) groups is 1. The molecule has 0 bridgehead atoms. The number of hydrogen-bond donors (Lipinski definition) is 1. The maximum atomic E-state index is 12.4. The zero-order chi connectivity index (χ0) is 18.5. The summed E-state index contributed by atoms with van der Waals surface area (Å²) < 4.78 is 1.98. The van der Waals surface area contributed by atoms with E-state index in [1.807, 2.05) is 47.9 Å². The molecule has 0 aliphatic rings. The van der Waals surface area contributed by atoms with E-state index in [-0.39, 0.29) is 11.7 Å². The first-order valence-electron chi connectivity index (χ1n) is 8.58. The monoisotopic (exact) mass is 366 g/mol. The van der Waals surface area contributed by atoms with Gasteiger partial charge in [-0.25, -0.2) is 0 Å². The quantitative estimate of drug-likeness (QED) is 0.665. The van der Waals surface area contributed by atoms with Crippen molar-refractivity contribution in [3.63, 3.8) is 0 Å². The fraction of sp³-hybridized carbons (Fsp3) is 0.250. The lowest BCUT2D eigenvalue weighted by molar-refractivity contribution is -0.113. The van der Waals surface area contributed by atoms with Gasteiger partial charge in [-0.1, -0.05) is 49.0 Å². The van der Waals surface area contributed by atoms with Crippen LogP contribution in [0.15, 0.2) is 53.7 Å². The van der Waals surface area contributed by atoms with Crippen LogP contribution in [-0.4, -0.2) is 26.4 Å². The molecular formula is C20H22N4OS. The lowest BCUT2D eigenvalue weighted by Gasteiger charge is -2.11. The summed E-state index contributed by atoms with van der Waals surface area (Å²) in [6.45, 7) is 6.04. The van der Waals surface area contributed by atoms with Gasteiger partial charge in [0.15, 0.2) is 5.16 Å². The summed E-state index contributed by atoms with van der Waals surface area (Å²) in [5, 5.41) is 12.1. The van der Waals surface area contributed by atoms with Crippen molar-refractivity contribution < 1.29 is 4.79 Å². The number of amides is 1. The molecule has 0 saturated carbocycles. The standard InChI is InChI=1S/C20H22N4OS/c1-4-16-9-5-6-11-18(16)21-19(25)13-26-20-23-22-15(3)24(20)17-10-7-8-14(2)12-17/h5-12H,4,13H2,1-3H3,(H,21,25). The second-order valence-corrected chi connectivity index (χ2v) is 6.99. The molecule has 0 radical (unpaired) electrons. The molecule has 0 saturated heterocycles. The van der Waals surface area contributed by atoms with Crippen LogP contribution in [-0.2, 0) is 11.2 Å². The van der Waals surface area contributed by atoms with Gasteiger partial charge in [0.05, 0.1) is 5.75 Å². The molecule has 26 heavy (non-hydrogen) atoms. The number of para-hydroxylation sites is 1. The molecule has 0 atom stereocenters. The Labute approximate surface area is 157 Å². The minimum absolute atomic E-state index is 0.0488. The highest BCUT2D eigenvalue weighted by atomic mass is 32.2. The predicted molar refractivity (Wildman–Crippen MR) is 106 cm³/mol. The predicted octanol–water partition coefficient (Wildman–Crippen LogP) is 4.18. The van der Waals surface area contributed by atoms with Crippen LogP contribution in [0.1, 0.15) is 23.9 Å². The van der Waals surface area contributed by atoms with E-state index in [1.165, 1.54) is 17.3 Å². The largest absolute Gasteiger partial charge is 0.325 e. The zero-order valence-electron chi connectivity index (χ0n) is 15.2. The van der Waals surface area contributed by atoms with Gasteiger partial charge >= 0.3 is 0 Å². The van der Waals surface area contributed by atoms with Crippen molar-refractivity contribution in [2.45, 2.75) is 32.3 Å². The van der Waals surface area contributed by atoms with E-state index in [0.29, 0.717) is 5.16 Å². The Kier molecular flexibility index (Phi) is 5.73. The van der Waals surface area contributed by atoms with Crippen LogP contribution < -0.4 is 5.32 Å². The van der Waals surface area contributed by atoms with Crippen LogP contribution in [0.5, 0.6) is 0 Å². The first-order chi connectivity index (χ1) is 12.6. The maximum Gasteiger partial charge on any atom is 0.234 e. The fourth-order valence-corrected chi connectivity index (χ4v) is 3.57. The lowest BCUT2D eigenvalue weighted by atomic mass is 10.1. The smallest absolute Gasteiger partial charge is 0.234 e. The number of nitrogens with zero attached hydrogens (tertiary/aromatic N) is 3. The number of rotatable bonds is 6. The Morgan fingerprint density at radius 2 is 1.92 bits per heavy atom. The molecule has 134 valence electrons. The molecule has 1 amide bonds. The van der Waals surface area contributed by atoms with Gasteiger partial charge in [-0.15, -0.1) is 10.2 Å². The summed E-state index contributed by atoms with van der Waals surface area (Å²) in [6, 6.07) is 16.0. The van der Waals surface area contributed by atoms with Gasteiger partial charge in [0.1, 0.15) is 5.82 Å². The van der Waals surface area contributed by atoms with Crippen LogP contribution in [0.25, 0.3) is 5.69 Å². The lowest BCUT2D eigenvalue weighted by Crippen LogP contribution is -2.15. The van der Waals surface area contributed by atoms with Crippen LogP contribution in [0.3, 0.4) is 0 Å². The number of carbonyl (C=O) groups excluding carboxylic acids is 1. The number of benzene rings is 2. The van der Waals surface area contributed by atoms with Gasteiger partial charge in [0.2, 0.25) is 5.91 Å². The van der Waals surface area contributed by atoms with Gasteiger partial charge in [-0.3, -0.25) is 9.36 Å². The van der Waals surface area contributed by atoms with E-state index < -0.39 is 0 Å². The maximum absolute atomic E-state index is 12.4. The molecule has 2 aromatic carbocycles. The highest BCUT2D eigenvalue weighted by Crippen LogP contribution is 2.23. The van der Waals surface area contributed by atoms with Crippen LogP contribution in [0, 0.1) is 13.8 Å². The van der Waals surface area contributed by atoms with Crippen molar-refractivity contribution in [2.75, 3.05) is 11.1 Å². The summed E-state index contributed by atoms with van der Waals surface area (Å²) >= 11 is 1.39. The molecule has 0 fully saturated rings. The normalized spacial score (nSPS) is 10.7. The molecule has 0 aliphatic heterocycles. The van der Waals surface area contributed by atoms with E-state index in [4.69, 9.17) is 0 Å². The zero-order valence-corrected chi connectivity index (χ0v) is 16.0. The van der Waals surface area contributed by atoms with E-state index in [1.54, 1.807) is 0 Å². The number of hydrogen-bond acceptors (Lipinski definition) is 4. The second-order valence-electron chi connectivity index (χ2n) is 6.05. The Hall–Kier alpha value is -2.60. The minimum atomic E-state index is -0.0488. The van der Waals surface area contributed by atoms with Crippen molar-refractivity contribution >= 4 is 23.4 Å². The van der Waals surface area contributed by atoms with Crippen LogP contribution in [0.4, 0.5) is 5.69 Å². The second kappa shape index (κ2) is 8.19. The summed E-state index contributed by atoms with van der Waals surface area (Å²) in [5.74, 6) is 1.03. The van der Waals surface area contributed by atoms with Crippen molar-refractivity contribution in [1.29, 1.82) is 0 Å². The van der Waals surface area contributed by atoms with E-state index >= 15 is 0 Å². The Morgan fingerprint density at radius 3 is 2.69 bits per heavy atom. The first-order valence-corrected chi connectivity index (χ1v) is 9.56. The molecular weight excluding hydrogens is 344 g/mol. The van der Waals surface area contributed by atoms with Crippen LogP contribution >= 0.6 is 11.8 Å². The topological polar surface area (TPSA) is 59.8 Å². The molecule has 0 aliphatic carbocycles. The Morgan fingerprint density at radius 1 is 1.12 bits per heavy atom. The third-order valence-corrected chi connectivity index (χ3v) is 4.99. The van der Waals surface area contributed by atoms with E-state index in [0.717, 1.165) is 29.2 Å². The average molecular weight is 366 g/mol. The molecule has 0 unspecified atom stereocenters. The van der Waals surface area contributed by atoms with Crippen molar-refractivity contribution in [3.05, 3.63) is 65.5 Å². The van der Waals surface area contributed by atoms with Gasteiger partial charge in [0, 0.05) is 11.4 Å².